The zero-order chi connectivity index (χ0) is 26.3. The molecular formula is C28H27N3O4S. The number of nitrogens with zero attached hydrogens (tertiary/aromatic N) is 2. The molecule has 0 spiro atoms. The maximum atomic E-state index is 13.5. The Morgan fingerprint density at radius 1 is 1.19 bits per heavy atom. The first-order valence-corrected chi connectivity index (χ1v) is 12.7. The molecule has 3 rings (SSSR count). The van der Waals surface area contributed by atoms with Crippen molar-refractivity contribution in [2.75, 3.05) is 11.8 Å². The number of sulfonamides is 1. The van der Waals surface area contributed by atoms with Crippen LogP contribution < -0.4 is 4.72 Å². The first-order chi connectivity index (χ1) is 17.2. The van der Waals surface area contributed by atoms with Crippen LogP contribution in [0, 0.1) is 11.8 Å². The number of hydrogen-bond donors (Lipinski definition) is 1. The fourth-order valence-corrected chi connectivity index (χ4v) is 5.18. The molecule has 0 radical (unpaired) electrons. The molecule has 184 valence electrons. The number of hydrogen-bond acceptors (Lipinski definition) is 6. The molecule has 1 aliphatic carbocycles. The van der Waals surface area contributed by atoms with E-state index in [9.17, 15) is 13.2 Å². The van der Waals surface area contributed by atoms with E-state index in [0.717, 1.165) is 0 Å². The molecule has 1 aliphatic rings. The topological polar surface area (TPSA) is 97.7 Å². The van der Waals surface area contributed by atoms with Crippen LogP contribution in [0.5, 0.6) is 0 Å². The van der Waals surface area contributed by atoms with Crippen molar-refractivity contribution >= 4 is 27.4 Å². The van der Waals surface area contributed by atoms with Crippen molar-refractivity contribution in [3.8, 4) is 11.8 Å². The summed E-state index contributed by atoms with van der Waals surface area (Å²) in [5.41, 5.74) is 3.69. The normalized spacial score (nSPS) is 14.3. The van der Waals surface area contributed by atoms with Gasteiger partial charge in [0.2, 0.25) is 0 Å². The van der Waals surface area contributed by atoms with Gasteiger partial charge in [-0.1, -0.05) is 63.1 Å². The molecular weight excluding hydrogens is 474 g/mol. The van der Waals surface area contributed by atoms with Crippen molar-refractivity contribution in [1.82, 2.24) is 4.98 Å². The molecule has 0 atom stereocenters. The molecule has 36 heavy (non-hydrogen) atoms. The number of carbonyl (C=O) groups is 1. The van der Waals surface area contributed by atoms with E-state index in [1.54, 1.807) is 42.5 Å². The Hall–Kier alpha value is -4.22. The van der Waals surface area contributed by atoms with E-state index in [4.69, 9.17) is 4.74 Å². The predicted molar refractivity (Wildman–Crippen MR) is 143 cm³/mol. The van der Waals surface area contributed by atoms with E-state index in [0.29, 0.717) is 46.4 Å². The molecule has 0 unspecified atom stereocenters. The number of anilines is 1. The molecule has 0 bridgehead atoms. The number of aryl methyl sites for hydroxylation is 1. The van der Waals surface area contributed by atoms with Crippen LogP contribution in [0.1, 0.15) is 47.4 Å². The van der Waals surface area contributed by atoms with Crippen LogP contribution in [0.2, 0.25) is 0 Å². The zero-order valence-electron chi connectivity index (χ0n) is 20.5. The first-order valence-electron chi connectivity index (χ1n) is 11.3. The van der Waals surface area contributed by atoms with Gasteiger partial charge in [-0.2, -0.15) is 0 Å². The number of allylic oxidation sites excluding steroid dienone is 5. The smallest absolute Gasteiger partial charge is 0.356 e. The summed E-state index contributed by atoms with van der Waals surface area (Å²) in [6, 6.07) is 8.62. The second-order valence-electron chi connectivity index (χ2n) is 7.70. The average molecular weight is 502 g/mol. The van der Waals surface area contributed by atoms with Gasteiger partial charge in [-0.25, -0.2) is 18.2 Å². The molecule has 1 aromatic heterocycles. The molecule has 0 amide bonds. The van der Waals surface area contributed by atoms with Crippen molar-refractivity contribution in [2.24, 2.45) is 4.99 Å². The number of aromatic nitrogens is 1. The quantitative estimate of drug-likeness (QED) is 0.428. The van der Waals surface area contributed by atoms with Crippen LogP contribution in [-0.2, 0) is 21.2 Å². The summed E-state index contributed by atoms with van der Waals surface area (Å²) >= 11 is 0. The van der Waals surface area contributed by atoms with Gasteiger partial charge in [-0.3, -0.25) is 9.71 Å². The van der Waals surface area contributed by atoms with Gasteiger partial charge >= 0.3 is 5.97 Å². The lowest BCUT2D eigenvalue weighted by Crippen LogP contribution is -2.25. The average Bonchev–Trinajstić information content (AvgIpc) is 2.88. The fraction of sp³-hybridized carbons (Fsp3) is 0.179. The summed E-state index contributed by atoms with van der Waals surface area (Å²) in [6.07, 6.45) is 7.33. The summed E-state index contributed by atoms with van der Waals surface area (Å²) in [7, 11) is -2.72. The van der Waals surface area contributed by atoms with Crippen LogP contribution in [0.15, 0.2) is 89.1 Å². The Labute approximate surface area is 212 Å². The Bertz CT molecular complexity index is 1490. The third-order valence-corrected chi connectivity index (χ3v) is 6.89. The fourth-order valence-electron chi connectivity index (χ4n) is 3.61. The van der Waals surface area contributed by atoms with Crippen molar-refractivity contribution in [1.29, 1.82) is 0 Å². The lowest BCUT2D eigenvalue weighted by atomic mass is 9.99. The zero-order valence-corrected chi connectivity index (χ0v) is 21.3. The first kappa shape index (κ1) is 26.4. The monoisotopic (exact) mass is 501 g/mol. The van der Waals surface area contributed by atoms with Crippen molar-refractivity contribution in [3.05, 3.63) is 106 Å². The number of rotatable bonds is 7. The number of methoxy groups -OCH3 is 1. The van der Waals surface area contributed by atoms with Crippen molar-refractivity contribution in [3.63, 3.8) is 0 Å². The molecule has 1 N–H and O–H groups in total. The molecule has 0 saturated heterocycles. The second kappa shape index (κ2) is 11.5. The van der Waals surface area contributed by atoms with Gasteiger partial charge in [0.15, 0.2) is 5.69 Å². The molecule has 2 aromatic rings. The Kier molecular flexibility index (Phi) is 8.41. The molecule has 7 nitrogen and oxygen atoms in total. The van der Waals surface area contributed by atoms with E-state index in [-0.39, 0.29) is 16.3 Å². The third-order valence-electron chi connectivity index (χ3n) is 5.41. The highest BCUT2D eigenvalue weighted by Crippen LogP contribution is 2.29. The Morgan fingerprint density at radius 2 is 1.94 bits per heavy atom. The van der Waals surface area contributed by atoms with E-state index >= 15 is 0 Å². The number of aliphatic imine (C=N–C) groups is 1. The highest BCUT2D eigenvalue weighted by Gasteiger charge is 2.29. The Morgan fingerprint density at radius 3 is 2.61 bits per heavy atom. The van der Waals surface area contributed by atoms with Gasteiger partial charge in [0, 0.05) is 23.5 Å². The summed E-state index contributed by atoms with van der Waals surface area (Å²) in [5, 5.41) is 0. The summed E-state index contributed by atoms with van der Waals surface area (Å²) in [4.78, 5) is 20.3. The highest BCUT2D eigenvalue weighted by atomic mass is 32.2. The van der Waals surface area contributed by atoms with Crippen LogP contribution >= 0.6 is 0 Å². The molecule has 0 fully saturated rings. The van der Waals surface area contributed by atoms with Crippen LogP contribution in [0.4, 0.5) is 5.69 Å². The molecule has 1 aromatic carbocycles. The summed E-state index contributed by atoms with van der Waals surface area (Å²) in [5.74, 6) is 5.51. The van der Waals surface area contributed by atoms with Gasteiger partial charge in [0.05, 0.1) is 18.5 Å². The standard InChI is InChI=1S/C28H27N3O4S/c1-6-21-15-13-19(4)25(29-8-3)27(21)36(33,34)31-24-12-10-9-11-23(24)16-14-20-17-22(7-2)26(30-18-20)28(32)35-5/h8-13,15,17-18,31H,3-4,6-7H2,1-2,5H3. The third kappa shape index (κ3) is 5.70. The molecule has 0 saturated carbocycles. The van der Waals surface area contributed by atoms with Gasteiger partial charge in [0.25, 0.3) is 10.0 Å². The Balaban J connectivity index is 2.01. The summed E-state index contributed by atoms with van der Waals surface area (Å²) in [6.45, 7) is 11.3. The van der Waals surface area contributed by atoms with E-state index in [2.05, 4.69) is 39.7 Å². The van der Waals surface area contributed by atoms with Crippen molar-refractivity contribution < 1.29 is 17.9 Å². The maximum Gasteiger partial charge on any atom is 0.356 e. The van der Waals surface area contributed by atoms with Crippen LogP contribution in [0.3, 0.4) is 0 Å². The maximum absolute atomic E-state index is 13.5. The van der Waals surface area contributed by atoms with Crippen molar-refractivity contribution in [2.45, 2.75) is 26.7 Å². The van der Waals surface area contributed by atoms with Gasteiger partial charge in [0.1, 0.15) is 4.91 Å². The molecule has 1 heterocycles. The molecule has 8 heteroatoms. The van der Waals surface area contributed by atoms with Gasteiger partial charge < -0.3 is 4.74 Å². The van der Waals surface area contributed by atoms with Crippen LogP contribution in [0.25, 0.3) is 0 Å². The van der Waals surface area contributed by atoms with E-state index < -0.39 is 16.0 Å². The number of pyridine rings is 1. The number of nitrogens with one attached hydrogen (secondary N) is 1. The molecule has 0 aliphatic heterocycles. The lowest BCUT2D eigenvalue weighted by Gasteiger charge is -2.20. The minimum absolute atomic E-state index is 0.0651. The van der Waals surface area contributed by atoms with Gasteiger partial charge in [-0.15, -0.1) is 0 Å². The highest BCUT2D eigenvalue weighted by molar-refractivity contribution is 7.97. The lowest BCUT2D eigenvalue weighted by molar-refractivity contribution is 0.0592. The largest absolute Gasteiger partial charge is 0.464 e. The number of carbonyl (C=O) groups excluding carboxylic acids is 1. The SMILES string of the molecule is C=CN=C1C(=C)C=CC(CC)=C1S(=O)(=O)Nc1ccccc1C#Cc1cnc(C(=O)OC)c(CC)c1. The summed E-state index contributed by atoms with van der Waals surface area (Å²) < 4.78 is 34.5. The number of esters is 1. The van der Waals surface area contributed by atoms with E-state index in [1.165, 1.54) is 19.5 Å². The second-order valence-corrected chi connectivity index (χ2v) is 9.32. The minimum Gasteiger partial charge on any atom is -0.464 e. The predicted octanol–water partition coefficient (Wildman–Crippen LogP) is 4.95. The van der Waals surface area contributed by atoms with E-state index in [1.807, 2.05) is 13.8 Å². The van der Waals surface area contributed by atoms with Crippen LogP contribution in [-0.4, -0.2) is 32.2 Å². The number of para-hydroxylation sites is 1. The van der Waals surface area contributed by atoms with Gasteiger partial charge in [-0.05, 0) is 47.8 Å². The number of benzene rings is 1. The number of ether oxygens (including phenoxy) is 1. The minimum atomic E-state index is -4.03.